The second-order valence-corrected chi connectivity index (χ2v) is 5.44. The zero-order chi connectivity index (χ0) is 14.5. The van der Waals surface area contributed by atoms with Crippen LogP contribution in [0.15, 0.2) is 11.6 Å². The van der Waals surface area contributed by atoms with Crippen molar-refractivity contribution in [1.82, 2.24) is 20.0 Å². The number of rotatable bonds is 7. The Morgan fingerprint density at radius 2 is 2.35 bits per heavy atom. The Bertz CT molecular complexity index is 576. The topological polar surface area (TPSA) is 61.7 Å². The summed E-state index contributed by atoms with van der Waals surface area (Å²) in [5, 5.41) is 8.02. The number of amides is 1. The molecule has 0 saturated heterocycles. The molecule has 2 aromatic rings. The molecule has 1 amide bonds. The van der Waals surface area contributed by atoms with Crippen molar-refractivity contribution in [1.29, 1.82) is 0 Å². The molecule has 0 fully saturated rings. The molecule has 0 atom stereocenters. The Morgan fingerprint density at radius 3 is 3.05 bits per heavy atom. The third-order valence-electron chi connectivity index (χ3n) is 3.20. The van der Waals surface area contributed by atoms with Gasteiger partial charge in [0.05, 0.1) is 5.69 Å². The number of nitrogens with zero attached hydrogens (tertiary/aromatic N) is 3. The summed E-state index contributed by atoms with van der Waals surface area (Å²) in [6.45, 7) is 4.43. The first-order valence-corrected chi connectivity index (χ1v) is 7.62. The van der Waals surface area contributed by atoms with Gasteiger partial charge >= 0.3 is 0 Å². The van der Waals surface area contributed by atoms with Gasteiger partial charge in [0.1, 0.15) is 0 Å². The Morgan fingerprint density at radius 1 is 1.55 bits per heavy atom. The molecule has 7 heteroatoms. The quantitative estimate of drug-likeness (QED) is 0.802. The van der Waals surface area contributed by atoms with Gasteiger partial charge in [-0.15, -0.1) is 11.3 Å². The third kappa shape index (κ3) is 3.10. The molecular weight excluding hydrogens is 274 g/mol. The number of hydrogen-bond acceptors (Lipinski definition) is 5. The van der Waals surface area contributed by atoms with Crippen molar-refractivity contribution in [3.8, 4) is 0 Å². The molecule has 2 N–H and O–H groups in total. The summed E-state index contributed by atoms with van der Waals surface area (Å²) in [5.74, 6) is 0.993. The highest BCUT2D eigenvalue weighted by Gasteiger charge is 2.16. The van der Waals surface area contributed by atoms with Crippen LogP contribution in [-0.2, 0) is 11.3 Å². The van der Waals surface area contributed by atoms with E-state index in [1.54, 1.807) is 18.4 Å². The van der Waals surface area contributed by atoms with E-state index in [0.717, 1.165) is 29.6 Å². The minimum absolute atomic E-state index is 0.0473. The first-order chi connectivity index (χ1) is 9.67. The Kier molecular flexibility index (Phi) is 4.97. The fourth-order valence-electron chi connectivity index (χ4n) is 2.03. The summed E-state index contributed by atoms with van der Waals surface area (Å²) in [4.78, 5) is 19.0. The average Bonchev–Trinajstić information content (AvgIpc) is 3.03. The number of thiazole rings is 1. The van der Waals surface area contributed by atoms with Crippen LogP contribution in [-0.4, -0.2) is 42.5 Å². The Balaban J connectivity index is 2.18. The fourth-order valence-corrected chi connectivity index (χ4v) is 2.76. The summed E-state index contributed by atoms with van der Waals surface area (Å²) in [6, 6.07) is 0. The van der Waals surface area contributed by atoms with Gasteiger partial charge in [-0.05, 0) is 6.54 Å². The molecule has 20 heavy (non-hydrogen) atoms. The van der Waals surface area contributed by atoms with Crippen LogP contribution in [0.2, 0.25) is 0 Å². The molecule has 0 aliphatic rings. The van der Waals surface area contributed by atoms with E-state index >= 15 is 0 Å². The molecule has 0 radical (unpaired) electrons. The lowest BCUT2D eigenvalue weighted by Gasteiger charge is -2.18. The van der Waals surface area contributed by atoms with Gasteiger partial charge in [0, 0.05) is 45.2 Å². The predicted octanol–water partition coefficient (Wildman–Crippen LogP) is 1.08. The normalized spacial score (nSPS) is 10.9. The molecule has 2 heterocycles. The van der Waals surface area contributed by atoms with Crippen LogP contribution in [0.4, 0.5) is 5.82 Å². The SMILES string of the molecule is CCNCc1c(N(C)CCC(=O)NC)nc2sccn12. The summed E-state index contributed by atoms with van der Waals surface area (Å²) in [5.41, 5.74) is 1.14. The highest BCUT2D eigenvalue weighted by atomic mass is 32.1. The van der Waals surface area contributed by atoms with Crippen molar-refractivity contribution in [2.75, 3.05) is 32.1 Å². The summed E-state index contributed by atoms with van der Waals surface area (Å²) in [7, 11) is 3.64. The van der Waals surface area contributed by atoms with Gasteiger partial charge in [-0.1, -0.05) is 6.92 Å². The van der Waals surface area contributed by atoms with Crippen LogP contribution in [0.25, 0.3) is 4.96 Å². The number of aromatic nitrogens is 2. The molecule has 2 aromatic heterocycles. The van der Waals surface area contributed by atoms with E-state index in [1.807, 2.05) is 23.5 Å². The van der Waals surface area contributed by atoms with E-state index in [4.69, 9.17) is 0 Å². The molecule has 110 valence electrons. The van der Waals surface area contributed by atoms with Gasteiger partial charge < -0.3 is 15.5 Å². The van der Waals surface area contributed by atoms with Crippen molar-refractivity contribution < 1.29 is 4.79 Å². The maximum absolute atomic E-state index is 11.4. The van der Waals surface area contributed by atoms with Crippen molar-refractivity contribution in [3.05, 3.63) is 17.3 Å². The summed E-state index contributed by atoms with van der Waals surface area (Å²) < 4.78 is 2.11. The molecule has 0 saturated carbocycles. The van der Waals surface area contributed by atoms with E-state index in [1.165, 1.54) is 0 Å². The van der Waals surface area contributed by atoms with Gasteiger partial charge in [0.25, 0.3) is 0 Å². The highest BCUT2D eigenvalue weighted by Crippen LogP contribution is 2.24. The van der Waals surface area contributed by atoms with E-state index in [-0.39, 0.29) is 5.91 Å². The lowest BCUT2D eigenvalue weighted by Crippen LogP contribution is -2.27. The average molecular weight is 295 g/mol. The summed E-state index contributed by atoms with van der Waals surface area (Å²) in [6.07, 6.45) is 2.51. The van der Waals surface area contributed by atoms with Crippen LogP contribution >= 0.6 is 11.3 Å². The summed E-state index contributed by atoms with van der Waals surface area (Å²) >= 11 is 1.62. The number of nitrogens with one attached hydrogen (secondary N) is 2. The minimum Gasteiger partial charge on any atom is -0.359 e. The standard InChI is InChI=1S/C13H21N5OS/c1-4-15-9-10-12(16-13-18(10)7-8-20-13)17(3)6-5-11(19)14-2/h7-8,15H,4-6,9H2,1-3H3,(H,14,19). The van der Waals surface area contributed by atoms with Crippen LogP contribution in [0.1, 0.15) is 19.0 Å². The maximum atomic E-state index is 11.4. The van der Waals surface area contributed by atoms with Gasteiger partial charge in [-0.3, -0.25) is 9.20 Å². The van der Waals surface area contributed by atoms with Crippen LogP contribution in [0.5, 0.6) is 0 Å². The minimum atomic E-state index is 0.0473. The van der Waals surface area contributed by atoms with Crippen molar-refractivity contribution >= 4 is 28.0 Å². The lowest BCUT2D eigenvalue weighted by molar-refractivity contribution is -0.120. The zero-order valence-electron chi connectivity index (χ0n) is 12.1. The van der Waals surface area contributed by atoms with Crippen molar-refractivity contribution in [2.24, 2.45) is 0 Å². The largest absolute Gasteiger partial charge is 0.359 e. The molecule has 0 unspecified atom stereocenters. The van der Waals surface area contributed by atoms with Gasteiger partial charge in [0.15, 0.2) is 10.8 Å². The first-order valence-electron chi connectivity index (χ1n) is 6.74. The maximum Gasteiger partial charge on any atom is 0.221 e. The Hall–Kier alpha value is -1.60. The van der Waals surface area contributed by atoms with E-state index < -0.39 is 0 Å². The molecule has 0 spiro atoms. The molecular formula is C13H21N5OS. The second-order valence-electron chi connectivity index (χ2n) is 4.56. The number of fused-ring (bicyclic) bond motifs is 1. The molecule has 0 aliphatic heterocycles. The Labute approximate surface area is 122 Å². The third-order valence-corrected chi connectivity index (χ3v) is 3.95. The van der Waals surface area contributed by atoms with Crippen molar-refractivity contribution in [2.45, 2.75) is 19.9 Å². The van der Waals surface area contributed by atoms with Crippen LogP contribution in [0, 0.1) is 0 Å². The van der Waals surface area contributed by atoms with E-state index in [2.05, 4.69) is 26.9 Å². The van der Waals surface area contributed by atoms with E-state index in [9.17, 15) is 4.79 Å². The lowest BCUT2D eigenvalue weighted by atomic mass is 10.3. The van der Waals surface area contributed by atoms with Crippen LogP contribution in [0.3, 0.4) is 0 Å². The smallest absolute Gasteiger partial charge is 0.221 e. The van der Waals surface area contributed by atoms with Crippen LogP contribution < -0.4 is 15.5 Å². The van der Waals surface area contributed by atoms with E-state index in [0.29, 0.717) is 13.0 Å². The van der Waals surface area contributed by atoms with Gasteiger partial charge in [-0.2, -0.15) is 0 Å². The fraction of sp³-hybridized carbons (Fsp3) is 0.538. The molecule has 0 bridgehead atoms. The molecule has 2 rings (SSSR count). The van der Waals surface area contributed by atoms with Gasteiger partial charge in [-0.25, -0.2) is 4.98 Å². The number of anilines is 1. The number of carbonyl (C=O) groups is 1. The predicted molar refractivity (Wildman–Crippen MR) is 82.4 cm³/mol. The molecule has 0 aliphatic carbocycles. The number of carbonyl (C=O) groups excluding carboxylic acids is 1. The zero-order valence-corrected chi connectivity index (χ0v) is 13.0. The second kappa shape index (κ2) is 6.71. The first kappa shape index (κ1) is 14.8. The molecule has 6 nitrogen and oxygen atoms in total. The number of hydrogen-bond donors (Lipinski definition) is 2. The highest BCUT2D eigenvalue weighted by molar-refractivity contribution is 7.15. The van der Waals surface area contributed by atoms with Crippen molar-refractivity contribution in [3.63, 3.8) is 0 Å². The monoisotopic (exact) mass is 295 g/mol. The molecule has 0 aromatic carbocycles. The van der Waals surface area contributed by atoms with Gasteiger partial charge in [0.2, 0.25) is 5.91 Å². The number of imidazole rings is 1.